The van der Waals surface area contributed by atoms with E-state index in [1.165, 1.54) is 29.7 Å². The quantitative estimate of drug-likeness (QED) is 0.259. The molecule has 1 unspecified atom stereocenters. The van der Waals surface area contributed by atoms with Crippen LogP contribution in [0, 0.1) is 6.92 Å². The first-order chi connectivity index (χ1) is 19.0. The number of hydrogen-bond acceptors (Lipinski definition) is 10. The maximum absolute atomic E-state index is 13.3. The zero-order valence-corrected chi connectivity index (χ0v) is 24.0. The average Bonchev–Trinajstić information content (AvgIpc) is 3.52. The van der Waals surface area contributed by atoms with Crippen molar-refractivity contribution in [2.24, 2.45) is 0 Å². The van der Waals surface area contributed by atoms with Gasteiger partial charge in [0, 0.05) is 37.9 Å². The number of benzene rings is 1. The molecule has 218 valence electrons. The van der Waals surface area contributed by atoms with Crippen molar-refractivity contribution in [3.63, 3.8) is 0 Å². The number of pyridine rings is 1. The fraction of sp³-hybridized carbons (Fsp3) is 0.520. The average molecular weight is 595 g/mol. The molecule has 15 heteroatoms. The SMILES string of the molecule is CNS(=O)(=O)c1cccc(OCC(O)CN[C@H]2COC3(CCN(S(=O)(=O)c4cnc5nc(C)[nH]c5c4)CC3)C2)c1. The van der Waals surface area contributed by atoms with Gasteiger partial charge in [-0.3, -0.25) is 0 Å². The first kappa shape index (κ1) is 28.9. The van der Waals surface area contributed by atoms with Crippen molar-refractivity contribution in [1.82, 2.24) is 29.3 Å². The molecule has 0 saturated carbocycles. The lowest BCUT2D eigenvalue weighted by molar-refractivity contribution is -0.0312. The Morgan fingerprint density at radius 2 is 2.00 bits per heavy atom. The molecule has 0 radical (unpaired) electrons. The third-order valence-corrected chi connectivity index (χ3v) is 10.7. The number of ether oxygens (including phenoxy) is 2. The van der Waals surface area contributed by atoms with Crippen LogP contribution in [0.5, 0.6) is 5.75 Å². The molecule has 4 N–H and O–H groups in total. The van der Waals surface area contributed by atoms with E-state index in [1.54, 1.807) is 25.1 Å². The molecule has 2 aromatic heterocycles. The van der Waals surface area contributed by atoms with Crippen LogP contribution in [0.4, 0.5) is 0 Å². The van der Waals surface area contributed by atoms with E-state index >= 15 is 0 Å². The first-order valence-corrected chi connectivity index (χ1v) is 16.0. The molecule has 2 atom stereocenters. The summed E-state index contributed by atoms with van der Waals surface area (Å²) in [4.78, 5) is 11.7. The standard InChI is InChI=1S/C25H34N6O7S2/c1-17-29-23-11-22(14-28-24(23)30-17)40(35,36)31-8-6-25(7-9-31)12-18(15-38-25)27-13-19(32)16-37-20-4-3-5-21(10-20)39(33,34)26-2/h3-5,10-11,14,18-19,26-27,32H,6-9,12-13,15-16H2,1-2H3,(H,28,29,30)/t18-,19?/m1/s1. The van der Waals surface area contributed by atoms with Gasteiger partial charge in [0.25, 0.3) is 0 Å². The van der Waals surface area contributed by atoms with Crippen LogP contribution in [0.1, 0.15) is 25.1 Å². The molecule has 0 amide bonds. The second-order valence-electron chi connectivity index (χ2n) is 10.2. The summed E-state index contributed by atoms with van der Waals surface area (Å²) in [6.45, 7) is 3.19. The van der Waals surface area contributed by atoms with Gasteiger partial charge in [0.05, 0.1) is 22.6 Å². The van der Waals surface area contributed by atoms with Crippen LogP contribution < -0.4 is 14.8 Å². The van der Waals surface area contributed by atoms with Crippen LogP contribution in [-0.4, -0.2) is 98.8 Å². The van der Waals surface area contributed by atoms with Crippen molar-refractivity contribution in [3.8, 4) is 5.75 Å². The minimum absolute atomic E-state index is 0.0112. The van der Waals surface area contributed by atoms with E-state index in [0.717, 1.165) is 0 Å². The molecular formula is C25H34N6O7S2. The number of nitrogens with one attached hydrogen (secondary N) is 3. The van der Waals surface area contributed by atoms with Gasteiger partial charge in [0.2, 0.25) is 20.0 Å². The normalized spacial score (nSPS) is 20.7. The second kappa shape index (κ2) is 11.3. The highest BCUT2D eigenvalue weighted by atomic mass is 32.2. The van der Waals surface area contributed by atoms with E-state index in [-0.39, 0.29) is 29.0 Å². The van der Waals surface area contributed by atoms with E-state index in [4.69, 9.17) is 9.47 Å². The molecule has 2 aliphatic heterocycles. The van der Waals surface area contributed by atoms with Gasteiger partial charge < -0.3 is 24.9 Å². The fourth-order valence-corrected chi connectivity index (χ4v) is 7.33. The van der Waals surface area contributed by atoms with Gasteiger partial charge in [-0.1, -0.05) is 6.07 Å². The topological polar surface area (TPSA) is 176 Å². The number of aliphatic hydroxyl groups excluding tert-OH is 1. The van der Waals surface area contributed by atoms with Gasteiger partial charge in [-0.15, -0.1) is 0 Å². The minimum atomic E-state index is -3.70. The predicted molar refractivity (Wildman–Crippen MR) is 146 cm³/mol. The van der Waals surface area contributed by atoms with Crippen molar-refractivity contribution in [1.29, 1.82) is 0 Å². The number of aliphatic hydroxyl groups is 1. The summed E-state index contributed by atoms with van der Waals surface area (Å²) in [6, 6.07) is 7.65. The number of aromatic amines is 1. The molecule has 1 aromatic carbocycles. The van der Waals surface area contributed by atoms with Crippen molar-refractivity contribution in [3.05, 3.63) is 42.4 Å². The lowest BCUT2D eigenvalue weighted by atomic mass is 9.88. The Bertz CT molecular complexity index is 1570. The molecule has 13 nitrogen and oxygen atoms in total. The maximum Gasteiger partial charge on any atom is 0.244 e. The summed E-state index contributed by atoms with van der Waals surface area (Å²) in [5, 5.41) is 13.7. The Morgan fingerprint density at radius 1 is 1.23 bits per heavy atom. The molecule has 5 rings (SSSR count). The van der Waals surface area contributed by atoms with E-state index in [1.807, 2.05) is 0 Å². The third kappa shape index (κ3) is 6.15. The highest BCUT2D eigenvalue weighted by Gasteiger charge is 2.44. The summed E-state index contributed by atoms with van der Waals surface area (Å²) < 4.78 is 65.9. The number of aryl methyl sites for hydroxylation is 1. The zero-order valence-electron chi connectivity index (χ0n) is 22.3. The van der Waals surface area contributed by atoms with Gasteiger partial charge in [-0.05, 0) is 51.4 Å². The number of nitrogens with zero attached hydrogens (tertiary/aromatic N) is 3. The first-order valence-electron chi connectivity index (χ1n) is 13.0. The van der Waals surface area contributed by atoms with E-state index in [2.05, 4.69) is 25.0 Å². The maximum atomic E-state index is 13.3. The summed E-state index contributed by atoms with van der Waals surface area (Å²) >= 11 is 0. The fourth-order valence-electron chi connectivity index (χ4n) is 5.15. The highest BCUT2D eigenvalue weighted by molar-refractivity contribution is 7.89. The Kier molecular flexibility index (Phi) is 8.16. The Balaban J connectivity index is 1.09. The van der Waals surface area contributed by atoms with Crippen LogP contribution in [0.2, 0.25) is 0 Å². The number of fused-ring (bicyclic) bond motifs is 1. The van der Waals surface area contributed by atoms with Crippen LogP contribution in [-0.2, 0) is 24.8 Å². The van der Waals surface area contributed by atoms with Crippen molar-refractivity contribution in [2.75, 3.05) is 39.9 Å². The summed E-state index contributed by atoms with van der Waals surface area (Å²) in [6.07, 6.45) is 2.38. The molecule has 1 spiro atoms. The number of imidazole rings is 1. The summed E-state index contributed by atoms with van der Waals surface area (Å²) in [5.41, 5.74) is 0.660. The van der Waals surface area contributed by atoms with Crippen LogP contribution in [0.15, 0.2) is 46.3 Å². The molecule has 2 fully saturated rings. The van der Waals surface area contributed by atoms with Crippen LogP contribution in [0.3, 0.4) is 0 Å². The number of rotatable bonds is 10. The largest absolute Gasteiger partial charge is 0.491 e. The van der Waals surface area contributed by atoms with E-state index in [9.17, 15) is 21.9 Å². The number of aromatic nitrogens is 3. The van der Waals surface area contributed by atoms with Gasteiger partial charge in [0.1, 0.15) is 29.2 Å². The van der Waals surface area contributed by atoms with Crippen molar-refractivity contribution in [2.45, 2.75) is 53.7 Å². The van der Waals surface area contributed by atoms with Gasteiger partial charge in [-0.2, -0.15) is 4.31 Å². The second-order valence-corrected chi connectivity index (χ2v) is 14.0. The van der Waals surface area contributed by atoms with Gasteiger partial charge in [0.15, 0.2) is 5.65 Å². The van der Waals surface area contributed by atoms with Gasteiger partial charge in [-0.25, -0.2) is 31.5 Å². The highest BCUT2D eigenvalue weighted by Crippen LogP contribution is 2.37. The van der Waals surface area contributed by atoms with E-state index in [0.29, 0.717) is 61.7 Å². The molecule has 40 heavy (non-hydrogen) atoms. The van der Waals surface area contributed by atoms with Crippen LogP contribution >= 0.6 is 0 Å². The number of piperidine rings is 1. The summed E-state index contributed by atoms with van der Waals surface area (Å²) in [7, 11) is -5.95. The van der Waals surface area contributed by atoms with Crippen LogP contribution in [0.25, 0.3) is 11.2 Å². The number of sulfonamides is 2. The molecule has 2 aliphatic rings. The predicted octanol–water partition coefficient (Wildman–Crippen LogP) is 0.516. The monoisotopic (exact) mass is 594 g/mol. The summed E-state index contributed by atoms with van der Waals surface area (Å²) in [5.74, 6) is 1.02. The minimum Gasteiger partial charge on any atom is -0.491 e. The van der Waals surface area contributed by atoms with Crippen molar-refractivity contribution < 1.29 is 31.4 Å². The molecule has 2 saturated heterocycles. The lowest BCUT2D eigenvalue weighted by Crippen LogP contribution is -2.47. The Labute approximate surface area is 233 Å². The molecular weight excluding hydrogens is 560 g/mol. The van der Waals surface area contributed by atoms with Crippen molar-refractivity contribution >= 4 is 31.2 Å². The number of H-pyrrole nitrogens is 1. The Hall–Kier alpha value is -2.66. The molecule has 0 aliphatic carbocycles. The third-order valence-electron chi connectivity index (χ3n) is 7.38. The number of hydrogen-bond donors (Lipinski definition) is 4. The molecule has 4 heterocycles. The Morgan fingerprint density at radius 3 is 2.75 bits per heavy atom. The van der Waals surface area contributed by atoms with Gasteiger partial charge >= 0.3 is 0 Å². The smallest absolute Gasteiger partial charge is 0.244 e. The molecule has 3 aromatic rings. The van der Waals surface area contributed by atoms with E-state index < -0.39 is 31.8 Å². The lowest BCUT2D eigenvalue weighted by Gasteiger charge is -2.38. The zero-order chi connectivity index (χ0) is 28.5. The molecule has 0 bridgehead atoms.